The summed E-state index contributed by atoms with van der Waals surface area (Å²) in [4.78, 5) is 4.64. The summed E-state index contributed by atoms with van der Waals surface area (Å²) in [6, 6.07) is 12.0. The molecule has 3 nitrogen and oxygen atoms in total. The summed E-state index contributed by atoms with van der Waals surface area (Å²) in [6.45, 7) is 1.60. The van der Waals surface area contributed by atoms with Gasteiger partial charge in [0.2, 0.25) is 0 Å². The van der Waals surface area contributed by atoms with Crippen LogP contribution in [0.15, 0.2) is 57.0 Å². The Hall–Kier alpha value is -1.85. The number of hydrogen-bond acceptors (Lipinski definition) is 4. The Morgan fingerprint density at radius 1 is 1.20 bits per heavy atom. The number of hydrogen-bond donors (Lipinski definition) is 1. The number of halogens is 1. The number of fused-ring (bicyclic) bond motifs is 1. The van der Waals surface area contributed by atoms with E-state index in [9.17, 15) is 9.50 Å². The van der Waals surface area contributed by atoms with Crippen molar-refractivity contribution in [1.82, 2.24) is 4.98 Å². The molecule has 1 N–H and O–H groups in total. The molecule has 0 amide bonds. The van der Waals surface area contributed by atoms with Gasteiger partial charge in [-0.1, -0.05) is 24.3 Å². The topological polar surface area (TPSA) is 46.3 Å². The fourth-order valence-electron chi connectivity index (χ4n) is 1.94. The fraction of sp³-hybridized carbons (Fsp3) is 0.133. The molecule has 0 aliphatic rings. The summed E-state index contributed by atoms with van der Waals surface area (Å²) < 4.78 is 19.5. The van der Waals surface area contributed by atoms with Crippen molar-refractivity contribution in [1.29, 1.82) is 0 Å². The van der Waals surface area contributed by atoms with Crippen molar-refractivity contribution < 1.29 is 13.9 Å². The van der Waals surface area contributed by atoms with Crippen LogP contribution >= 0.6 is 11.8 Å². The third-order valence-electron chi connectivity index (χ3n) is 2.91. The molecule has 102 valence electrons. The van der Waals surface area contributed by atoms with E-state index in [-0.39, 0.29) is 0 Å². The van der Waals surface area contributed by atoms with Crippen molar-refractivity contribution in [3.05, 3.63) is 53.8 Å². The molecule has 5 heteroatoms. The highest BCUT2D eigenvalue weighted by Crippen LogP contribution is 2.36. The lowest BCUT2D eigenvalue weighted by Gasteiger charge is -2.10. The highest BCUT2D eigenvalue weighted by Gasteiger charge is 2.16. The number of oxazole rings is 1. The van der Waals surface area contributed by atoms with Crippen LogP contribution < -0.4 is 0 Å². The number of rotatable bonds is 3. The lowest BCUT2D eigenvalue weighted by molar-refractivity contribution is 0.195. The Morgan fingerprint density at radius 3 is 2.75 bits per heavy atom. The monoisotopic (exact) mass is 289 g/mol. The third kappa shape index (κ3) is 2.42. The molecule has 3 rings (SSSR count). The number of para-hydroxylation sites is 2. The van der Waals surface area contributed by atoms with Crippen LogP contribution in [0.25, 0.3) is 11.1 Å². The van der Waals surface area contributed by atoms with Crippen LogP contribution in [0.3, 0.4) is 0 Å². The van der Waals surface area contributed by atoms with Gasteiger partial charge in [0, 0.05) is 0 Å². The molecular weight excluding hydrogens is 277 g/mol. The number of aliphatic hydroxyl groups excluding tert-OH is 1. The van der Waals surface area contributed by atoms with E-state index < -0.39 is 11.9 Å². The minimum atomic E-state index is -0.752. The van der Waals surface area contributed by atoms with E-state index in [4.69, 9.17) is 4.42 Å². The standard InChI is InChI=1S/C15H12FNO2S/c1-9(18)10-5-4-6-11(16)14(10)20-15-17-12-7-2-3-8-13(12)19-15/h2-9,18H,1H3. The quantitative estimate of drug-likeness (QED) is 0.786. The summed E-state index contributed by atoms with van der Waals surface area (Å²) >= 11 is 1.08. The van der Waals surface area contributed by atoms with Gasteiger partial charge in [0.1, 0.15) is 11.3 Å². The molecule has 0 saturated heterocycles. The van der Waals surface area contributed by atoms with Gasteiger partial charge in [-0.2, -0.15) is 0 Å². The molecule has 0 radical (unpaired) electrons. The van der Waals surface area contributed by atoms with Crippen molar-refractivity contribution in [3.63, 3.8) is 0 Å². The number of aromatic nitrogens is 1. The normalized spacial score (nSPS) is 12.8. The third-order valence-corrected chi connectivity index (χ3v) is 3.90. The molecule has 1 atom stereocenters. The zero-order valence-corrected chi connectivity index (χ0v) is 11.5. The Morgan fingerprint density at radius 2 is 2.00 bits per heavy atom. The lowest BCUT2D eigenvalue weighted by atomic mass is 10.1. The summed E-state index contributed by atoms with van der Waals surface area (Å²) in [7, 11) is 0. The molecule has 20 heavy (non-hydrogen) atoms. The number of benzene rings is 2. The van der Waals surface area contributed by atoms with Gasteiger partial charge in [-0.3, -0.25) is 0 Å². The van der Waals surface area contributed by atoms with E-state index in [0.717, 1.165) is 17.3 Å². The van der Waals surface area contributed by atoms with E-state index in [0.29, 0.717) is 21.3 Å². The first-order valence-corrected chi connectivity index (χ1v) is 6.96. The second-order valence-electron chi connectivity index (χ2n) is 4.38. The lowest BCUT2D eigenvalue weighted by Crippen LogP contribution is -1.96. The Bertz CT molecular complexity index is 721. The first-order chi connectivity index (χ1) is 9.65. The fourth-order valence-corrected chi connectivity index (χ4v) is 2.92. The van der Waals surface area contributed by atoms with E-state index in [1.807, 2.05) is 24.3 Å². The first-order valence-electron chi connectivity index (χ1n) is 6.15. The summed E-state index contributed by atoms with van der Waals surface area (Å²) in [6.07, 6.45) is -0.752. The summed E-state index contributed by atoms with van der Waals surface area (Å²) in [5, 5.41) is 10.1. The second kappa shape index (κ2) is 5.26. The van der Waals surface area contributed by atoms with Gasteiger partial charge < -0.3 is 9.52 Å². The molecule has 1 unspecified atom stereocenters. The molecular formula is C15H12FNO2S. The van der Waals surface area contributed by atoms with E-state index in [1.165, 1.54) is 6.07 Å². The molecule has 0 spiro atoms. The largest absolute Gasteiger partial charge is 0.431 e. The van der Waals surface area contributed by atoms with E-state index >= 15 is 0 Å². The van der Waals surface area contributed by atoms with Crippen LogP contribution in [-0.4, -0.2) is 10.1 Å². The Balaban J connectivity index is 2.02. The van der Waals surface area contributed by atoms with Gasteiger partial charge in [0.05, 0.1) is 11.0 Å². The van der Waals surface area contributed by atoms with Gasteiger partial charge in [-0.25, -0.2) is 9.37 Å². The van der Waals surface area contributed by atoms with Crippen molar-refractivity contribution in [3.8, 4) is 0 Å². The molecule has 2 aromatic carbocycles. The molecule has 0 bridgehead atoms. The smallest absolute Gasteiger partial charge is 0.261 e. The van der Waals surface area contributed by atoms with Crippen LogP contribution in [0.2, 0.25) is 0 Å². The van der Waals surface area contributed by atoms with Gasteiger partial charge in [0.25, 0.3) is 5.22 Å². The van der Waals surface area contributed by atoms with Crippen molar-refractivity contribution in [2.45, 2.75) is 23.1 Å². The minimum absolute atomic E-state index is 0.342. The predicted molar refractivity (Wildman–Crippen MR) is 75.2 cm³/mol. The SMILES string of the molecule is CC(O)c1cccc(F)c1Sc1nc2ccccc2o1. The Kier molecular flexibility index (Phi) is 3.46. The van der Waals surface area contributed by atoms with Crippen LogP contribution in [0.1, 0.15) is 18.6 Å². The van der Waals surface area contributed by atoms with Crippen LogP contribution in [0, 0.1) is 5.82 Å². The van der Waals surface area contributed by atoms with Crippen LogP contribution in [0.4, 0.5) is 4.39 Å². The van der Waals surface area contributed by atoms with Crippen molar-refractivity contribution in [2.24, 2.45) is 0 Å². The maximum Gasteiger partial charge on any atom is 0.261 e. The summed E-state index contributed by atoms with van der Waals surface area (Å²) in [5.74, 6) is -0.393. The molecule has 1 heterocycles. The molecule has 0 saturated carbocycles. The highest BCUT2D eigenvalue weighted by atomic mass is 32.2. The van der Waals surface area contributed by atoms with Crippen LogP contribution in [-0.2, 0) is 0 Å². The second-order valence-corrected chi connectivity index (χ2v) is 5.35. The molecule has 0 aliphatic carbocycles. The zero-order valence-electron chi connectivity index (χ0n) is 10.7. The average molecular weight is 289 g/mol. The minimum Gasteiger partial charge on any atom is -0.431 e. The number of nitrogens with zero attached hydrogens (tertiary/aromatic N) is 1. The molecule has 0 fully saturated rings. The Labute approximate surface area is 119 Å². The van der Waals surface area contributed by atoms with Gasteiger partial charge in [0.15, 0.2) is 5.58 Å². The van der Waals surface area contributed by atoms with Gasteiger partial charge in [-0.15, -0.1) is 0 Å². The maximum absolute atomic E-state index is 14.0. The highest BCUT2D eigenvalue weighted by molar-refractivity contribution is 7.99. The first kappa shape index (κ1) is 13.1. The number of aliphatic hydroxyl groups is 1. The molecule has 1 aromatic heterocycles. The molecule has 3 aromatic rings. The van der Waals surface area contributed by atoms with E-state index in [1.54, 1.807) is 19.1 Å². The molecule has 0 aliphatic heterocycles. The van der Waals surface area contributed by atoms with Crippen LogP contribution in [0.5, 0.6) is 0 Å². The van der Waals surface area contributed by atoms with Crippen molar-refractivity contribution in [2.75, 3.05) is 0 Å². The van der Waals surface area contributed by atoms with E-state index in [2.05, 4.69) is 4.98 Å². The average Bonchev–Trinajstić information content (AvgIpc) is 2.83. The van der Waals surface area contributed by atoms with Crippen molar-refractivity contribution >= 4 is 22.9 Å². The van der Waals surface area contributed by atoms with Gasteiger partial charge >= 0.3 is 0 Å². The predicted octanol–water partition coefficient (Wildman–Crippen LogP) is 4.17. The zero-order chi connectivity index (χ0) is 14.1. The maximum atomic E-state index is 14.0. The summed E-state index contributed by atoms with van der Waals surface area (Å²) in [5.41, 5.74) is 1.91. The van der Waals surface area contributed by atoms with Gasteiger partial charge in [-0.05, 0) is 42.4 Å².